The standard InChI is InChI=1S/C13H17BrN2S/c1-9-6-11(10(2)16(9)3)7-15-8-13-12(14)4-5-17-13/h4-6,15H,7-8H2,1-3H3. The number of aryl methyl sites for hydroxylation is 1. The van der Waals surface area contributed by atoms with Gasteiger partial charge in [0.1, 0.15) is 0 Å². The molecule has 0 amide bonds. The molecule has 2 heterocycles. The predicted molar refractivity (Wildman–Crippen MR) is 77.4 cm³/mol. The number of halogens is 1. The molecule has 0 spiro atoms. The SMILES string of the molecule is Cc1cc(CNCc2sccc2Br)c(C)n1C. The van der Waals surface area contributed by atoms with E-state index in [1.807, 2.05) is 0 Å². The molecule has 0 aromatic carbocycles. The van der Waals surface area contributed by atoms with Crippen molar-refractivity contribution in [1.82, 2.24) is 9.88 Å². The number of nitrogens with one attached hydrogen (secondary N) is 1. The third-order valence-electron chi connectivity index (χ3n) is 3.17. The summed E-state index contributed by atoms with van der Waals surface area (Å²) in [5, 5.41) is 5.60. The van der Waals surface area contributed by atoms with Crippen molar-refractivity contribution in [3.63, 3.8) is 0 Å². The quantitative estimate of drug-likeness (QED) is 0.909. The van der Waals surface area contributed by atoms with Crippen LogP contribution in [-0.2, 0) is 20.1 Å². The van der Waals surface area contributed by atoms with E-state index in [-0.39, 0.29) is 0 Å². The maximum absolute atomic E-state index is 3.55. The summed E-state index contributed by atoms with van der Waals surface area (Å²) < 4.78 is 3.44. The van der Waals surface area contributed by atoms with E-state index in [4.69, 9.17) is 0 Å². The molecule has 2 aromatic rings. The van der Waals surface area contributed by atoms with Gasteiger partial charge < -0.3 is 9.88 Å². The summed E-state index contributed by atoms with van der Waals surface area (Å²) in [6.07, 6.45) is 0. The van der Waals surface area contributed by atoms with Crippen LogP contribution in [0.3, 0.4) is 0 Å². The highest BCUT2D eigenvalue weighted by Gasteiger charge is 2.06. The van der Waals surface area contributed by atoms with Crippen LogP contribution in [0.25, 0.3) is 0 Å². The zero-order chi connectivity index (χ0) is 12.4. The van der Waals surface area contributed by atoms with Crippen molar-refractivity contribution >= 4 is 27.3 Å². The number of hydrogen-bond donors (Lipinski definition) is 1. The van der Waals surface area contributed by atoms with Gasteiger partial charge in [-0.05, 0) is 52.9 Å². The fourth-order valence-electron chi connectivity index (χ4n) is 1.87. The molecule has 4 heteroatoms. The van der Waals surface area contributed by atoms with Crippen LogP contribution in [0.2, 0.25) is 0 Å². The molecule has 0 saturated carbocycles. The molecule has 0 saturated heterocycles. The molecular formula is C13H17BrN2S. The van der Waals surface area contributed by atoms with Gasteiger partial charge in [0.05, 0.1) is 0 Å². The maximum Gasteiger partial charge on any atom is 0.0327 e. The lowest BCUT2D eigenvalue weighted by Crippen LogP contribution is -2.12. The normalized spacial score (nSPS) is 11.1. The average molecular weight is 313 g/mol. The van der Waals surface area contributed by atoms with E-state index in [1.165, 1.54) is 26.3 Å². The van der Waals surface area contributed by atoms with Gasteiger partial charge in [-0.3, -0.25) is 0 Å². The minimum Gasteiger partial charge on any atom is -0.352 e. The summed E-state index contributed by atoms with van der Waals surface area (Å²) >= 11 is 5.33. The second-order valence-corrected chi connectivity index (χ2v) is 6.11. The summed E-state index contributed by atoms with van der Waals surface area (Å²) in [5.74, 6) is 0. The second-order valence-electron chi connectivity index (χ2n) is 4.25. The summed E-state index contributed by atoms with van der Waals surface area (Å²) in [5.41, 5.74) is 4.05. The minimum atomic E-state index is 0.922. The molecule has 0 aliphatic heterocycles. The fraction of sp³-hybridized carbons (Fsp3) is 0.385. The van der Waals surface area contributed by atoms with Crippen LogP contribution in [-0.4, -0.2) is 4.57 Å². The van der Waals surface area contributed by atoms with Gasteiger partial charge in [-0.2, -0.15) is 0 Å². The van der Waals surface area contributed by atoms with Gasteiger partial charge in [0.2, 0.25) is 0 Å². The van der Waals surface area contributed by atoms with Gasteiger partial charge in [-0.15, -0.1) is 11.3 Å². The Morgan fingerprint density at radius 2 is 2.12 bits per heavy atom. The van der Waals surface area contributed by atoms with Gasteiger partial charge in [-0.25, -0.2) is 0 Å². The largest absolute Gasteiger partial charge is 0.352 e. The zero-order valence-electron chi connectivity index (χ0n) is 10.4. The molecule has 2 aromatic heterocycles. The van der Waals surface area contributed by atoms with Crippen molar-refractivity contribution in [3.8, 4) is 0 Å². The third-order valence-corrected chi connectivity index (χ3v) is 5.10. The number of hydrogen-bond acceptors (Lipinski definition) is 2. The Hall–Kier alpha value is -0.580. The number of thiophene rings is 1. The lowest BCUT2D eigenvalue weighted by molar-refractivity contribution is 0.693. The molecule has 2 rings (SSSR count). The Morgan fingerprint density at radius 1 is 1.35 bits per heavy atom. The van der Waals surface area contributed by atoms with Crippen LogP contribution in [0.4, 0.5) is 0 Å². The van der Waals surface area contributed by atoms with Crippen LogP contribution in [0.5, 0.6) is 0 Å². The molecule has 0 bridgehead atoms. The first kappa shape index (κ1) is 12.9. The highest BCUT2D eigenvalue weighted by Crippen LogP contribution is 2.22. The van der Waals surface area contributed by atoms with E-state index in [0.29, 0.717) is 0 Å². The Morgan fingerprint density at radius 3 is 2.65 bits per heavy atom. The van der Waals surface area contributed by atoms with Crippen molar-refractivity contribution in [2.45, 2.75) is 26.9 Å². The molecule has 0 fully saturated rings. The van der Waals surface area contributed by atoms with E-state index in [0.717, 1.165) is 13.1 Å². The molecule has 17 heavy (non-hydrogen) atoms. The maximum atomic E-state index is 3.55. The van der Waals surface area contributed by atoms with E-state index in [9.17, 15) is 0 Å². The van der Waals surface area contributed by atoms with Crippen LogP contribution in [0, 0.1) is 13.8 Å². The molecule has 0 radical (unpaired) electrons. The van der Waals surface area contributed by atoms with Gasteiger partial charge in [0.15, 0.2) is 0 Å². The Bertz CT molecular complexity index is 513. The van der Waals surface area contributed by atoms with Crippen molar-refractivity contribution in [2.75, 3.05) is 0 Å². The summed E-state index contributed by atoms with van der Waals surface area (Å²) in [4.78, 5) is 1.36. The molecule has 2 nitrogen and oxygen atoms in total. The lowest BCUT2D eigenvalue weighted by atomic mass is 10.2. The molecule has 0 aliphatic carbocycles. The molecule has 0 atom stereocenters. The number of nitrogens with zero attached hydrogens (tertiary/aromatic N) is 1. The average Bonchev–Trinajstić information content (AvgIpc) is 2.80. The van der Waals surface area contributed by atoms with Crippen LogP contribution >= 0.6 is 27.3 Å². The van der Waals surface area contributed by atoms with E-state index in [1.54, 1.807) is 11.3 Å². The fourth-order valence-corrected chi connectivity index (χ4v) is 3.34. The molecule has 1 N–H and O–H groups in total. The molecule has 0 aliphatic rings. The summed E-state index contributed by atoms with van der Waals surface area (Å²) in [7, 11) is 2.12. The monoisotopic (exact) mass is 312 g/mol. The highest BCUT2D eigenvalue weighted by atomic mass is 79.9. The van der Waals surface area contributed by atoms with Crippen LogP contribution in [0.15, 0.2) is 22.0 Å². The molecular weight excluding hydrogens is 296 g/mol. The second kappa shape index (κ2) is 5.38. The third kappa shape index (κ3) is 2.81. The van der Waals surface area contributed by atoms with E-state index >= 15 is 0 Å². The van der Waals surface area contributed by atoms with Crippen molar-refractivity contribution in [3.05, 3.63) is 43.8 Å². The number of aromatic nitrogens is 1. The topological polar surface area (TPSA) is 17.0 Å². The molecule has 0 unspecified atom stereocenters. The van der Waals surface area contributed by atoms with Crippen molar-refractivity contribution in [1.29, 1.82) is 0 Å². The van der Waals surface area contributed by atoms with Crippen molar-refractivity contribution in [2.24, 2.45) is 7.05 Å². The van der Waals surface area contributed by atoms with Crippen LogP contribution in [0.1, 0.15) is 21.8 Å². The zero-order valence-corrected chi connectivity index (χ0v) is 12.8. The first-order valence-electron chi connectivity index (χ1n) is 5.64. The predicted octanol–water partition coefficient (Wildman–Crippen LogP) is 3.76. The number of rotatable bonds is 4. The minimum absolute atomic E-state index is 0.922. The Labute approximate surface area is 115 Å². The lowest BCUT2D eigenvalue weighted by Gasteiger charge is -2.04. The van der Waals surface area contributed by atoms with Gasteiger partial charge in [-0.1, -0.05) is 0 Å². The first-order chi connectivity index (χ1) is 8.09. The van der Waals surface area contributed by atoms with Gasteiger partial charge >= 0.3 is 0 Å². The smallest absolute Gasteiger partial charge is 0.0327 e. The van der Waals surface area contributed by atoms with Crippen molar-refractivity contribution < 1.29 is 0 Å². The van der Waals surface area contributed by atoms with E-state index in [2.05, 4.69) is 64.2 Å². The van der Waals surface area contributed by atoms with Crippen LogP contribution < -0.4 is 5.32 Å². The van der Waals surface area contributed by atoms with E-state index < -0.39 is 0 Å². The van der Waals surface area contributed by atoms with Gasteiger partial charge in [0, 0.05) is 40.9 Å². The van der Waals surface area contributed by atoms with Gasteiger partial charge in [0.25, 0.3) is 0 Å². The summed E-state index contributed by atoms with van der Waals surface area (Å²) in [6.45, 7) is 6.17. The summed E-state index contributed by atoms with van der Waals surface area (Å²) in [6, 6.07) is 4.35. The molecule has 92 valence electrons. The Balaban J connectivity index is 1.95. The first-order valence-corrected chi connectivity index (χ1v) is 7.31. The Kier molecular flexibility index (Phi) is 4.07. The highest BCUT2D eigenvalue weighted by molar-refractivity contribution is 9.10.